The highest BCUT2D eigenvalue weighted by Crippen LogP contribution is 2.45. The van der Waals surface area contributed by atoms with Crippen LogP contribution in [0.15, 0.2) is 42.6 Å². The van der Waals surface area contributed by atoms with E-state index in [1.165, 1.54) is 6.08 Å². The summed E-state index contributed by atoms with van der Waals surface area (Å²) in [6.45, 7) is 12.2. The average Bonchev–Trinajstić information content (AvgIpc) is 3.13. The number of benzene rings is 2. The number of aromatic amines is 1. The fraction of sp³-hybridized carbons (Fsp3) is 0.393. The SMILES string of the molecule is CC=C(C(=O)O)c1ccc2[nH]cc(-c3cc(C(C)(C)C)cc(C(C)(C)C)c3OCC(F)(F)F)c2c1. The van der Waals surface area contributed by atoms with E-state index in [1.54, 1.807) is 31.3 Å². The molecule has 0 radical (unpaired) electrons. The Labute approximate surface area is 203 Å². The summed E-state index contributed by atoms with van der Waals surface area (Å²) in [6, 6.07) is 9.04. The first kappa shape index (κ1) is 26.4. The largest absolute Gasteiger partial charge is 0.483 e. The molecule has 7 heteroatoms. The summed E-state index contributed by atoms with van der Waals surface area (Å²) in [5, 5.41) is 10.3. The zero-order valence-electron chi connectivity index (χ0n) is 21.1. The van der Waals surface area contributed by atoms with Crippen LogP contribution in [0.5, 0.6) is 5.75 Å². The van der Waals surface area contributed by atoms with Crippen molar-refractivity contribution >= 4 is 22.4 Å². The van der Waals surface area contributed by atoms with Gasteiger partial charge in [-0.25, -0.2) is 4.79 Å². The van der Waals surface area contributed by atoms with Crippen molar-refractivity contribution in [2.75, 3.05) is 6.61 Å². The van der Waals surface area contributed by atoms with Crippen LogP contribution in [0.1, 0.15) is 65.2 Å². The monoisotopic (exact) mass is 487 g/mol. The molecule has 0 aliphatic rings. The molecule has 3 rings (SSSR count). The highest BCUT2D eigenvalue weighted by atomic mass is 19.4. The van der Waals surface area contributed by atoms with Crippen LogP contribution < -0.4 is 4.74 Å². The van der Waals surface area contributed by atoms with E-state index in [2.05, 4.69) is 4.98 Å². The number of hydrogen-bond acceptors (Lipinski definition) is 2. The molecule has 0 saturated carbocycles. The molecule has 0 aliphatic heterocycles. The Morgan fingerprint density at radius 3 is 2.17 bits per heavy atom. The number of allylic oxidation sites excluding steroid dienone is 1. The van der Waals surface area contributed by atoms with Gasteiger partial charge in [-0.2, -0.15) is 13.2 Å². The Kier molecular flexibility index (Phi) is 6.86. The maximum absolute atomic E-state index is 13.2. The van der Waals surface area contributed by atoms with Crippen LogP contribution in [-0.2, 0) is 15.6 Å². The lowest BCUT2D eigenvalue weighted by molar-refractivity contribution is -0.153. The first-order chi connectivity index (χ1) is 16.0. The molecular formula is C28H32F3NO3. The highest BCUT2D eigenvalue weighted by molar-refractivity contribution is 6.16. The van der Waals surface area contributed by atoms with Crippen molar-refractivity contribution in [2.24, 2.45) is 0 Å². The topological polar surface area (TPSA) is 62.3 Å². The Morgan fingerprint density at radius 1 is 1.00 bits per heavy atom. The summed E-state index contributed by atoms with van der Waals surface area (Å²) < 4.78 is 45.2. The molecule has 0 spiro atoms. The number of halogens is 3. The number of aromatic nitrogens is 1. The lowest BCUT2D eigenvalue weighted by atomic mass is 9.78. The van der Waals surface area contributed by atoms with Crippen molar-refractivity contribution in [3.8, 4) is 16.9 Å². The van der Waals surface area contributed by atoms with Gasteiger partial charge in [-0.1, -0.05) is 59.8 Å². The molecule has 2 aromatic carbocycles. The summed E-state index contributed by atoms with van der Waals surface area (Å²) in [7, 11) is 0. The summed E-state index contributed by atoms with van der Waals surface area (Å²) in [5.74, 6) is -0.874. The third-order valence-electron chi connectivity index (χ3n) is 5.95. The van der Waals surface area contributed by atoms with Gasteiger partial charge in [0.25, 0.3) is 0 Å². The van der Waals surface area contributed by atoms with Crippen molar-refractivity contribution in [2.45, 2.75) is 65.5 Å². The lowest BCUT2D eigenvalue weighted by Gasteiger charge is -2.29. The zero-order valence-corrected chi connectivity index (χ0v) is 21.1. The molecule has 3 aromatic rings. The Hall–Kier alpha value is -3.22. The van der Waals surface area contributed by atoms with Crippen LogP contribution in [-0.4, -0.2) is 28.8 Å². The molecule has 35 heavy (non-hydrogen) atoms. The molecule has 0 fully saturated rings. The van der Waals surface area contributed by atoms with Crippen LogP contribution in [0.3, 0.4) is 0 Å². The van der Waals surface area contributed by atoms with Crippen molar-refractivity contribution in [3.05, 3.63) is 59.3 Å². The average molecular weight is 488 g/mol. The molecular weight excluding hydrogens is 455 g/mol. The Morgan fingerprint density at radius 2 is 1.66 bits per heavy atom. The number of aliphatic carboxylic acids is 1. The Bertz CT molecular complexity index is 1290. The standard InChI is InChI=1S/C28H32F3NO3/c1-8-18(25(33)34)16-9-10-23-19(11-16)21(14-32-23)20-12-17(26(2,3)4)13-22(27(5,6)7)24(20)35-15-28(29,30)31/h8-14,32H,15H2,1-7H3,(H,33,34). The summed E-state index contributed by atoms with van der Waals surface area (Å²) >= 11 is 0. The Balaban J connectivity index is 2.38. The third kappa shape index (κ3) is 5.72. The molecule has 0 amide bonds. The number of H-pyrrole nitrogens is 1. The second-order valence-electron chi connectivity index (χ2n) is 10.8. The van der Waals surface area contributed by atoms with Crippen LogP contribution in [0, 0.1) is 0 Å². The van der Waals surface area contributed by atoms with Crippen molar-refractivity contribution in [3.63, 3.8) is 0 Å². The van der Waals surface area contributed by atoms with Gasteiger partial charge in [0.2, 0.25) is 0 Å². The quantitative estimate of drug-likeness (QED) is 0.360. The van der Waals surface area contributed by atoms with E-state index in [-0.39, 0.29) is 16.7 Å². The lowest BCUT2D eigenvalue weighted by Crippen LogP contribution is -2.23. The predicted octanol–water partition coefficient (Wildman–Crippen LogP) is 7.86. The van der Waals surface area contributed by atoms with Gasteiger partial charge in [-0.15, -0.1) is 0 Å². The number of carboxylic acids is 1. The molecule has 1 heterocycles. The summed E-state index contributed by atoms with van der Waals surface area (Å²) in [6.07, 6.45) is -1.24. The van der Waals surface area contributed by atoms with Crippen LogP contribution in [0.4, 0.5) is 13.2 Å². The van der Waals surface area contributed by atoms with Gasteiger partial charge in [0.15, 0.2) is 6.61 Å². The second-order valence-corrected chi connectivity index (χ2v) is 10.8. The van der Waals surface area contributed by atoms with E-state index in [1.807, 2.05) is 53.7 Å². The van der Waals surface area contributed by atoms with Gasteiger partial charge >= 0.3 is 12.1 Å². The van der Waals surface area contributed by atoms with Gasteiger partial charge in [0.05, 0.1) is 5.57 Å². The zero-order chi connectivity index (χ0) is 26.3. The van der Waals surface area contributed by atoms with Gasteiger partial charge in [-0.05, 0) is 47.1 Å². The smallest absolute Gasteiger partial charge is 0.422 e. The highest BCUT2D eigenvalue weighted by Gasteiger charge is 2.32. The molecule has 0 aliphatic carbocycles. The second kappa shape index (κ2) is 9.10. The van der Waals surface area contributed by atoms with Crippen molar-refractivity contribution in [1.82, 2.24) is 4.98 Å². The van der Waals surface area contributed by atoms with Crippen LogP contribution in [0.25, 0.3) is 27.6 Å². The number of carboxylic acid groups (broad SMARTS) is 1. The molecule has 0 bridgehead atoms. The molecule has 2 N–H and O–H groups in total. The normalized spacial score (nSPS) is 13.4. The third-order valence-corrected chi connectivity index (χ3v) is 5.95. The van der Waals surface area contributed by atoms with Gasteiger partial charge in [-0.3, -0.25) is 0 Å². The fourth-order valence-corrected chi connectivity index (χ4v) is 4.05. The first-order valence-corrected chi connectivity index (χ1v) is 11.4. The van der Waals surface area contributed by atoms with E-state index in [0.717, 1.165) is 11.1 Å². The molecule has 4 nitrogen and oxygen atoms in total. The minimum absolute atomic E-state index is 0.145. The van der Waals surface area contributed by atoms with Crippen LogP contribution in [0.2, 0.25) is 0 Å². The van der Waals surface area contributed by atoms with E-state index in [4.69, 9.17) is 4.74 Å². The van der Waals surface area contributed by atoms with E-state index in [9.17, 15) is 23.1 Å². The first-order valence-electron chi connectivity index (χ1n) is 11.4. The van der Waals surface area contributed by atoms with Crippen LogP contribution >= 0.6 is 0 Å². The van der Waals surface area contributed by atoms with Gasteiger partial charge in [0.1, 0.15) is 5.75 Å². The number of nitrogens with one attached hydrogen (secondary N) is 1. The fourth-order valence-electron chi connectivity index (χ4n) is 4.05. The molecule has 1 aromatic heterocycles. The van der Waals surface area contributed by atoms with E-state index >= 15 is 0 Å². The number of ether oxygens (including phenoxy) is 1. The molecule has 0 unspecified atom stereocenters. The minimum Gasteiger partial charge on any atom is -0.483 e. The van der Waals surface area contributed by atoms with Gasteiger partial charge in [0, 0.05) is 33.8 Å². The number of hydrogen-bond donors (Lipinski definition) is 2. The number of carbonyl (C=O) groups is 1. The number of fused-ring (bicyclic) bond motifs is 1. The maximum Gasteiger partial charge on any atom is 0.422 e. The molecule has 0 atom stereocenters. The van der Waals surface area contributed by atoms with Gasteiger partial charge < -0.3 is 14.8 Å². The minimum atomic E-state index is -4.50. The van der Waals surface area contributed by atoms with E-state index < -0.39 is 24.2 Å². The van der Waals surface area contributed by atoms with Crippen molar-refractivity contribution < 1.29 is 27.8 Å². The number of alkyl halides is 3. The summed E-state index contributed by atoms with van der Waals surface area (Å²) in [5.41, 5.74) is 3.46. The van der Waals surface area contributed by atoms with Crippen molar-refractivity contribution in [1.29, 1.82) is 0 Å². The molecule has 188 valence electrons. The predicted molar refractivity (Wildman–Crippen MR) is 134 cm³/mol. The van der Waals surface area contributed by atoms with E-state index in [0.29, 0.717) is 27.6 Å². The number of rotatable bonds is 5. The maximum atomic E-state index is 13.2. The summed E-state index contributed by atoms with van der Waals surface area (Å²) in [4.78, 5) is 14.9. The molecule has 0 saturated heterocycles.